The Balaban J connectivity index is 2.06. The van der Waals surface area contributed by atoms with Gasteiger partial charge >= 0.3 is 5.97 Å². The van der Waals surface area contributed by atoms with Gasteiger partial charge in [0.05, 0.1) is 23.2 Å². The Labute approximate surface area is 141 Å². The topological polar surface area (TPSA) is 73.6 Å². The number of hydrogen-bond donors (Lipinski definition) is 0. The first-order valence-corrected chi connectivity index (χ1v) is 8.18. The van der Waals surface area contributed by atoms with Crippen molar-refractivity contribution in [3.63, 3.8) is 0 Å². The second kappa shape index (κ2) is 6.76. The lowest BCUT2D eigenvalue weighted by molar-refractivity contribution is 0.0526. The van der Waals surface area contributed by atoms with E-state index < -0.39 is 0 Å². The number of aromatic nitrogens is 2. The molecule has 0 aliphatic carbocycles. The van der Waals surface area contributed by atoms with Crippen LogP contribution in [0.25, 0.3) is 10.2 Å². The van der Waals surface area contributed by atoms with Gasteiger partial charge in [-0.1, -0.05) is 11.3 Å². The van der Waals surface area contributed by atoms with Gasteiger partial charge in [0.15, 0.2) is 4.80 Å². The minimum Gasteiger partial charge on any atom is -0.462 e. The average molecular weight is 341 g/mol. The highest BCUT2D eigenvalue weighted by Crippen LogP contribution is 2.14. The molecule has 0 atom stereocenters. The molecule has 0 radical (unpaired) electrons. The molecule has 24 heavy (non-hydrogen) atoms. The number of fused-ring (bicyclic) bond motifs is 1. The Kier molecular flexibility index (Phi) is 4.52. The standard InChI is InChI=1S/C17H15N3O3S/c1-3-23-16(22)11-6-8-12(9-7-11)19-17-20(2)15(21)13-5-4-10-18-14(13)24-17/h4-10H,3H2,1-2H3. The zero-order valence-corrected chi connectivity index (χ0v) is 14.0. The third kappa shape index (κ3) is 3.11. The second-order valence-corrected chi connectivity index (χ2v) is 5.94. The van der Waals surface area contributed by atoms with Gasteiger partial charge in [-0.05, 0) is 43.3 Å². The molecule has 7 heteroatoms. The molecule has 0 unspecified atom stereocenters. The molecule has 0 amide bonds. The van der Waals surface area contributed by atoms with Crippen molar-refractivity contribution in [2.45, 2.75) is 6.92 Å². The lowest BCUT2D eigenvalue weighted by Gasteiger charge is -2.03. The summed E-state index contributed by atoms with van der Waals surface area (Å²) in [6.45, 7) is 2.09. The van der Waals surface area contributed by atoms with E-state index in [1.54, 1.807) is 56.6 Å². The SMILES string of the molecule is CCOC(=O)c1ccc(N=c2sc3ncccc3c(=O)n2C)cc1. The van der Waals surface area contributed by atoms with Crippen molar-refractivity contribution in [2.24, 2.45) is 12.0 Å². The Bertz CT molecular complexity index is 1020. The van der Waals surface area contributed by atoms with Crippen LogP contribution in [0.15, 0.2) is 52.4 Å². The minimum absolute atomic E-state index is 0.140. The van der Waals surface area contributed by atoms with Crippen molar-refractivity contribution in [2.75, 3.05) is 6.61 Å². The minimum atomic E-state index is -0.367. The summed E-state index contributed by atoms with van der Waals surface area (Å²) in [6.07, 6.45) is 1.65. The summed E-state index contributed by atoms with van der Waals surface area (Å²) >= 11 is 1.33. The van der Waals surface area contributed by atoms with E-state index in [9.17, 15) is 9.59 Å². The fraction of sp³-hybridized carbons (Fsp3) is 0.176. The van der Waals surface area contributed by atoms with E-state index in [2.05, 4.69) is 9.98 Å². The van der Waals surface area contributed by atoms with Crippen molar-refractivity contribution < 1.29 is 9.53 Å². The van der Waals surface area contributed by atoms with Crippen LogP contribution in [0.2, 0.25) is 0 Å². The number of benzene rings is 1. The predicted octanol–water partition coefficient (Wildman–Crippen LogP) is 2.40. The normalized spacial score (nSPS) is 11.7. The van der Waals surface area contributed by atoms with E-state index in [1.807, 2.05) is 0 Å². The Morgan fingerprint density at radius 2 is 2.04 bits per heavy atom. The van der Waals surface area contributed by atoms with Gasteiger partial charge in [-0.2, -0.15) is 0 Å². The highest BCUT2D eigenvalue weighted by atomic mass is 32.1. The number of nitrogens with zero attached hydrogens (tertiary/aromatic N) is 3. The van der Waals surface area contributed by atoms with Crippen molar-refractivity contribution in [1.82, 2.24) is 9.55 Å². The van der Waals surface area contributed by atoms with E-state index >= 15 is 0 Å². The third-order valence-electron chi connectivity index (χ3n) is 3.38. The van der Waals surface area contributed by atoms with Crippen molar-refractivity contribution in [1.29, 1.82) is 0 Å². The van der Waals surface area contributed by atoms with Crippen LogP contribution in [0, 0.1) is 0 Å². The zero-order chi connectivity index (χ0) is 17.1. The maximum absolute atomic E-state index is 12.4. The molecule has 0 N–H and O–H groups in total. The fourth-order valence-corrected chi connectivity index (χ4v) is 3.07. The molecule has 2 heterocycles. The van der Waals surface area contributed by atoms with Crippen molar-refractivity contribution >= 4 is 33.2 Å². The van der Waals surface area contributed by atoms with Crippen LogP contribution < -0.4 is 10.4 Å². The van der Waals surface area contributed by atoms with Gasteiger partial charge in [0, 0.05) is 13.2 Å². The number of rotatable bonds is 3. The van der Waals surface area contributed by atoms with Gasteiger partial charge in [0.25, 0.3) is 5.56 Å². The number of pyridine rings is 1. The molecule has 0 saturated carbocycles. The van der Waals surface area contributed by atoms with Crippen LogP contribution in [-0.4, -0.2) is 22.1 Å². The molecule has 1 aromatic carbocycles. The van der Waals surface area contributed by atoms with Gasteiger partial charge in [0.1, 0.15) is 4.83 Å². The average Bonchev–Trinajstić information content (AvgIpc) is 2.60. The number of esters is 1. The molecular formula is C17H15N3O3S. The largest absolute Gasteiger partial charge is 0.462 e. The molecule has 0 spiro atoms. The first-order valence-electron chi connectivity index (χ1n) is 7.37. The van der Waals surface area contributed by atoms with Crippen LogP contribution >= 0.6 is 11.3 Å². The van der Waals surface area contributed by atoms with E-state index in [4.69, 9.17) is 4.74 Å². The maximum Gasteiger partial charge on any atom is 0.338 e. The first kappa shape index (κ1) is 16.1. The van der Waals surface area contributed by atoms with Gasteiger partial charge in [-0.25, -0.2) is 14.8 Å². The van der Waals surface area contributed by atoms with E-state index in [0.29, 0.717) is 32.9 Å². The molecule has 2 aromatic heterocycles. The summed E-state index contributed by atoms with van der Waals surface area (Å²) in [4.78, 5) is 33.9. The number of hydrogen-bond acceptors (Lipinski definition) is 6. The highest BCUT2D eigenvalue weighted by molar-refractivity contribution is 7.15. The number of carbonyl (C=O) groups excluding carboxylic acids is 1. The Morgan fingerprint density at radius 3 is 2.75 bits per heavy atom. The third-order valence-corrected chi connectivity index (χ3v) is 4.45. The van der Waals surface area contributed by atoms with Crippen molar-refractivity contribution in [3.05, 3.63) is 63.3 Å². The highest BCUT2D eigenvalue weighted by Gasteiger charge is 2.07. The monoisotopic (exact) mass is 341 g/mol. The summed E-state index contributed by atoms with van der Waals surface area (Å²) in [5.74, 6) is -0.367. The number of ether oxygens (including phenoxy) is 1. The summed E-state index contributed by atoms with van der Waals surface area (Å²) in [5, 5.41) is 0.571. The van der Waals surface area contributed by atoms with Gasteiger partial charge in [0.2, 0.25) is 0 Å². The smallest absolute Gasteiger partial charge is 0.338 e. The van der Waals surface area contributed by atoms with Gasteiger partial charge in [-0.15, -0.1) is 0 Å². The molecule has 6 nitrogen and oxygen atoms in total. The molecule has 0 saturated heterocycles. The summed E-state index contributed by atoms with van der Waals surface area (Å²) in [6, 6.07) is 10.2. The van der Waals surface area contributed by atoms with Gasteiger partial charge in [-0.3, -0.25) is 9.36 Å². The summed E-state index contributed by atoms with van der Waals surface area (Å²) < 4.78 is 6.44. The molecular weight excluding hydrogens is 326 g/mol. The lowest BCUT2D eigenvalue weighted by atomic mass is 10.2. The first-order chi connectivity index (χ1) is 11.6. The maximum atomic E-state index is 12.4. The van der Waals surface area contributed by atoms with Crippen LogP contribution in [0.3, 0.4) is 0 Å². The predicted molar refractivity (Wildman–Crippen MR) is 92.5 cm³/mol. The van der Waals surface area contributed by atoms with Crippen molar-refractivity contribution in [3.8, 4) is 0 Å². The summed E-state index contributed by atoms with van der Waals surface area (Å²) in [7, 11) is 1.68. The van der Waals surface area contributed by atoms with Crippen LogP contribution in [0.5, 0.6) is 0 Å². The fourth-order valence-electron chi connectivity index (χ4n) is 2.15. The lowest BCUT2D eigenvalue weighted by Crippen LogP contribution is -2.28. The van der Waals surface area contributed by atoms with Crippen LogP contribution in [-0.2, 0) is 11.8 Å². The number of carbonyl (C=O) groups is 1. The van der Waals surface area contributed by atoms with Gasteiger partial charge < -0.3 is 4.74 Å². The molecule has 0 aliphatic heterocycles. The Hall–Kier alpha value is -2.80. The van der Waals surface area contributed by atoms with E-state index in [-0.39, 0.29) is 11.5 Å². The van der Waals surface area contributed by atoms with Crippen LogP contribution in [0.4, 0.5) is 5.69 Å². The second-order valence-electron chi connectivity index (χ2n) is 4.98. The molecule has 0 bridgehead atoms. The molecule has 3 rings (SSSR count). The summed E-state index contributed by atoms with van der Waals surface area (Å²) in [5.41, 5.74) is 0.969. The zero-order valence-electron chi connectivity index (χ0n) is 13.2. The molecule has 0 aliphatic rings. The van der Waals surface area contributed by atoms with Crippen LogP contribution in [0.1, 0.15) is 17.3 Å². The molecule has 122 valence electrons. The van der Waals surface area contributed by atoms with E-state index in [0.717, 1.165) is 0 Å². The van der Waals surface area contributed by atoms with E-state index in [1.165, 1.54) is 15.9 Å². The quantitative estimate of drug-likeness (QED) is 0.686. The molecule has 0 fully saturated rings. The Morgan fingerprint density at radius 1 is 1.29 bits per heavy atom. The molecule has 3 aromatic rings.